The summed E-state index contributed by atoms with van der Waals surface area (Å²) in [5.74, 6) is 0. The van der Waals surface area contributed by atoms with E-state index in [9.17, 15) is 0 Å². The molecule has 2 fully saturated rings. The molecule has 2 saturated heterocycles. The molecule has 33 heavy (non-hydrogen) atoms. The van der Waals surface area contributed by atoms with Crippen LogP contribution in [-0.4, -0.2) is 121 Å². The smallest absolute Gasteiger partial charge is 0.156 e. The first-order chi connectivity index (χ1) is 16.1. The van der Waals surface area contributed by atoms with Crippen LogP contribution in [0.15, 0.2) is 0 Å². The topological polar surface area (TPSA) is 65.1 Å². The van der Waals surface area contributed by atoms with Gasteiger partial charge in [0.05, 0.1) is 12.3 Å². The molecule has 0 aromatic rings. The lowest BCUT2D eigenvalue weighted by Crippen LogP contribution is -2.67. The van der Waals surface area contributed by atoms with Crippen molar-refractivity contribution in [3.8, 4) is 0 Å². The molecule has 2 aliphatic rings. The zero-order valence-electron chi connectivity index (χ0n) is 21.9. The van der Waals surface area contributed by atoms with Gasteiger partial charge in [-0.2, -0.15) is 0 Å². The SMILES string of the molecule is COC(CCCN1CCC2N(CCCC(OC)OC)CCC1N2CCCC(OC)OC)OC. The number of hydrogen-bond donors (Lipinski definition) is 0. The highest BCUT2D eigenvalue weighted by molar-refractivity contribution is 4.91. The van der Waals surface area contributed by atoms with Gasteiger partial charge in [-0.25, -0.2) is 0 Å². The minimum Gasteiger partial charge on any atom is -0.356 e. The van der Waals surface area contributed by atoms with Crippen LogP contribution in [0.4, 0.5) is 0 Å². The van der Waals surface area contributed by atoms with Crippen LogP contribution in [0.5, 0.6) is 0 Å². The molecule has 0 radical (unpaired) electrons. The third-order valence-electron chi connectivity index (χ3n) is 7.16. The molecule has 2 rings (SSSR count). The lowest BCUT2D eigenvalue weighted by atomic mass is 10.0. The Balaban J connectivity index is 1.95. The first-order valence-corrected chi connectivity index (χ1v) is 12.5. The lowest BCUT2D eigenvalue weighted by molar-refractivity contribution is -0.143. The molecule has 9 heteroatoms. The highest BCUT2D eigenvalue weighted by Gasteiger charge is 2.41. The van der Waals surface area contributed by atoms with Gasteiger partial charge in [-0.3, -0.25) is 14.7 Å². The Labute approximate surface area is 201 Å². The predicted molar refractivity (Wildman–Crippen MR) is 128 cm³/mol. The molecule has 0 N–H and O–H groups in total. The lowest BCUT2D eigenvalue weighted by Gasteiger charge is -2.56. The van der Waals surface area contributed by atoms with E-state index in [0.29, 0.717) is 12.3 Å². The zero-order chi connectivity index (χ0) is 24.1. The van der Waals surface area contributed by atoms with Crippen LogP contribution >= 0.6 is 0 Å². The summed E-state index contributed by atoms with van der Waals surface area (Å²) in [6.07, 6.45) is 8.98. The fraction of sp³-hybridized carbons (Fsp3) is 1.00. The second-order valence-electron chi connectivity index (χ2n) is 8.98. The summed E-state index contributed by atoms with van der Waals surface area (Å²) < 4.78 is 32.3. The molecule has 0 aliphatic carbocycles. The van der Waals surface area contributed by atoms with Crippen molar-refractivity contribution in [2.45, 2.75) is 82.6 Å². The second kappa shape index (κ2) is 16.3. The van der Waals surface area contributed by atoms with Gasteiger partial charge >= 0.3 is 0 Å². The van der Waals surface area contributed by atoms with Crippen molar-refractivity contribution in [2.75, 3.05) is 75.4 Å². The van der Waals surface area contributed by atoms with Gasteiger partial charge in [-0.1, -0.05) is 0 Å². The number of rotatable bonds is 18. The summed E-state index contributed by atoms with van der Waals surface area (Å²) in [6, 6.07) is 0. The van der Waals surface area contributed by atoms with Gasteiger partial charge in [0, 0.05) is 62.3 Å². The summed E-state index contributed by atoms with van der Waals surface area (Å²) in [5.41, 5.74) is 0. The van der Waals surface area contributed by atoms with Crippen LogP contribution in [0.1, 0.15) is 51.4 Å². The van der Waals surface area contributed by atoms with Crippen LogP contribution < -0.4 is 0 Å². The Morgan fingerprint density at radius 1 is 0.545 bits per heavy atom. The maximum atomic E-state index is 5.41. The molecule has 196 valence electrons. The standard InChI is InChI=1S/C24H49N3O6/c1-28-22(29-2)10-7-15-25-18-13-21-26(16-8-11-23(30-3)31-4)19-14-20(25)27(21)17-9-12-24(32-5)33-6/h20-24H,7-19H2,1-6H3. The van der Waals surface area contributed by atoms with E-state index >= 15 is 0 Å². The largest absolute Gasteiger partial charge is 0.356 e. The maximum Gasteiger partial charge on any atom is 0.156 e. The Morgan fingerprint density at radius 2 is 0.879 bits per heavy atom. The Morgan fingerprint density at radius 3 is 1.21 bits per heavy atom. The first kappa shape index (κ1) is 28.9. The first-order valence-electron chi connectivity index (χ1n) is 12.5. The van der Waals surface area contributed by atoms with E-state index in [1.165, 1.54) is 12.8 Å². The fourth-order valence-corrected chi connectivity index (χ4v) is 5.35. The van der Waals surface area contributed by atoms with Crippen LogP contribution in [0.2, 0.25) is 0 Å². The third-order valence-corrected chi connectivity index (χ3v) is 7.16. The summed E-state index contributed by atoms with van der Waals surface area (Å²) in [6.45, 7) is 5.51. The van der Waals surface area contributed by atoms with E-state index in [1.807, 2.05) is 0 Å². The van der Waals surface area contributed by atoms with Gasteiger partial charge in [-0.15, -0.1) is 0 Å². The minimum atomic E-state index is -0.123. The summed E-state index contributed by atoms with van der Waals surface area (Å²) in [5, 5.41) is 0. The number of nitrogens with zero attached hydrogens (tertiary/aromatic N) is 3. The van der Waals surface area contributed by atoms with E-state index in [0.717, 1.165) is 71.2 Å². The van der Waals surface area contributed by atoms with Crippen molar-refractivity contribution >= 4 is 0 Å². The Hall–Kier alpha value is -0.360. The van der Waals surface area contributed by atoms with Crippen molar-refractivity contribution in [3.63, 3.8) is 0 Å². The molecule has 0 spiro atoms. The van der Waals surface area contributed by atoms with E-state index in [-0.39, 0.29) is 18.9 Å². The molecular formula is C24H49N3O6. The van der Waals surface area contributed by atoms with E-state index < -0.39 is 0 Å². The second-order valence-corrected chi connectivity index (χ2v) is 8.98. The molecular weight excluding hydrogens is 426 g/mol. The number of fused-ring (bicyclic) bond motifs is 2. The molecule has 2 unspecified atom stereocenters. The highest BCUT2D eigenvalue weighted by atomic mass is 16.7. The van der Waals surface area contributed by atoms with Gasteiger partial charge in [0.25, 0.3) is 0 Å². The van der Waals surface area contributed by atoms with Gasteiger partial charge in [0.1, 0.15) is 0 Å². The summed E-state index contributed by atoms with van der Waals surface area (Å²) in [4.78, 5) is 8.07. The van der Waals surface area contributed by atoms with E-state index in [4.69, 9.17) is 28.4 Å². The highest BCUT2D eigenvalue weighted by Crippen LogP contribution is 2.31. The molecule has 0 amide bonds. The van der Waals surface area contributed by atoms with Crippen molar-refractivity contribution in [3.05, 3.63) is 0 Å². The third kappa shape index (κ3) is 8.98. The van der Waals surface area contributed by atoms with Crippen molar-refractivity contribution in [1.29, 1.82) is 0 Å². The minimum absolute atomic E-state index is 0.108. The number of methoxy groups -OCH3 is 6. The van der Waals surface area contributed by atoms with Crippen molar-refractivity contribution < 1.29 is 28.4 Å². The van der Waals surface area contributed by atoms with Crippen LogP contribution in [0, 0.1) is 0 Å². The van der Waals surface area contributed by atoms with Crippen molar-refractivity contribution in [1.82, 2.24) is 14.7 Å². The van der Waals surface area contributed by atoms with Gasteiger partial charge in [0.2, 0.25) is 0 Å². The van der Waals surface area contributed by atoms with Crippen LogP contribution in [-0.2, 0) is 28.4 Å². The molecule has 0 aromatic carbocycles. The quantitative estimate of drug-likeness (QED) is 0.278. The normalized spacial score (nSPS) is 22.8. The number of ether oxygens (including phenoxy) is 6. The molecule has 0 saturated carbocycles. The van der Waals surface area contributed by atoms with Gasteiger partial charge in [-0.05, 0) is 64.5 Å². The Bertz CT molecular complexity index is 457. The van der Waals surface area contributed by atoms with Crippen LogP contribution in [0.25, 0.3) is 0 Å². The summed E-state index contributed by atoms with van der Waals surface area (Å²) in [7, 11) is 10.3. The van der Waals surface area contributed by atoms with E-state index in [1.54, 1.807) is 42.7 Å². The molecule has 2 bridgehead atoms. The van der Waals surface area contributed by atoms with Crippen molar-refractivity contribution in [2.24, 2.45) is 0 Å². The van der Waals surface area contributed by atoms with Gasteiger partial charge < -0.3 is 28.4 Å². The molecule has 2 atom stereocenters. The maximum absolute atomic E-state index is 5.41. The molecule has 2 aliphatic heterocycles. The summed E-state index contributed by atoms with van der Waals surface area (Å²) >= 11 is 0. The molecule has 0 aromatic heterocycles. The fourth-order valence-electron chi connectivity index (χ4n) is 5.35. The predicted octanol–water partition coefficient (Wildman–Crippen LogP) is 2.55. The Kier molecular flexibility index (Phi) is 14.3. The number of hydrogen-bond acceptors (Lipinski definition) is 9. The zero-order valence-corrected chi connectivity index (χ0v) is 21.9. The molecule has 2 heterocycles. The average molecular weight is 476 g/mol. The van der Waals surface area contributed by atoms with Gasteiger partial charge in [0.15, 0.2) is 18.9 Å². The van der Waals surface area contributed by atoms with Crippen LogP contribution in [0.3, 0.4) is 0 Å². The monoisotopic (exact) mass is 475 g/mol. The molecule has 9 nitrogen and oxygen atoms in total. The average Bonchev–Trinajstić information content (AvgIpc) is 2.84. The van der Waals surface area contributed by atoms with E-state index in [2.05, 4.69) is 14.7 Å².